The van der Waals surface area contributed by atoms with Crippen molar-refractivity contribution in [2.75, 3.05) is 13.1 Å². The first-order valence-corrected chi connectivity index (χ1v) is 14.0. The molecule has 0 radical (unpaired) electrons. The van der Waals surface area contributed by atoms with Crippen molar-refractivity contribution in [1.29, 1.82) is 0 Å². The van der Waals surface area contributed by atoms with Gasteiger partial charge in [-0.15, -0.1) is 13.2 Å². The summed E-state index contributed by atoms with van der Waals surface area (Å²) in [6.07, 6.45) is -5.08. The van der Waals surface area contributed by atoms with Gasteiger partial charge in [0.05, 0.1) is 22.5 Å². The third kappa shape index (κ3) is 5.42. The van der Waals surface area contributed by atoms with Gasteiger partial charge in [0, 0.05) is 30.1 Å². The van der Waals surface area contributed by atoms with Crippen LogP contribution in [0.1, 0.15) is 19.4 Å². The lowest BCUT2D eigenvalue weighted by Crippen LogP contribution is -2.83. The van der Waals surface area contributed by atoms with Crippen LogP contribution in [-0.4, -0.2) is 72.6 Å². The van der Waals surface area contributed by atoms with E-state index in [0.717, 1.165) is 23.1 Å². The molecule has 15 heteroatoms. The molecule has 39 heavy (non-hydrogen) atoms. The second-order valence-electron chi connectivity index (χ2n) is 9.53. The Labute approximate surface area is 232 Å². The molecule has 2 aromatic carbocycles. The maximum atomic E-state index is 14.3. The molecule has 2 amide bonds. The van der Waals surface area contributed by atoms with E-state index in [-0.39, 0.29) is 13.0 Å². The monoisotopic (exact) mass is 608 g/mol. The van der Waals surface area contributed by atoms with Crippen LogP contribution in [-0.2, 0) is 25.8 Å². The molecule has 0 aromatic heterocycles. The molecule has 2 fully saturated rings. The summed E-state index contributed by atoms with van der Waals surface area (Å²) < 4.78 is 70.6. The van der Waals surface area contributed by atoms with Crippen molar-refractivity contribution in [1.82, 2.24) is 15.1 Å². The van der Waals surface area contributed by atoms with Gasteiger partial charge in [-0.25, -0.2) is 8.42 Å². The highest BCUT2D eigenvalue weighted by molar-refractivity contribution is 7.93. The predicted octanol–water partition coefficient (Wildman–Crippen LogP) is 2.94. The van der Waals surface area contributed by atoms with E-state index in [0.29, 0.717) is 10.6 Å². The lowest BCUT2D eigenvalue weighted by molar-refractivity contribution is -0.274. The van der Waals surface area contributed by atoms with Crippen molar-refractivity contribution in [3.05, 3.63) is 58.1 Å². The number of benzene rings is 2. The first kappa shape index (κ1) is 29.4. The highest BCUT2D eigenvalue weighted by atomic mass is 35.5. The van der Waals surface area contributed by atoms with Crippen LogP contribution in [0.2, 0.25) is 10.0 Å². The molecule has 2 heterocycles. The lowest BCUT2D eigenvalue weighted by Gasteiger charge is -2.56. The number of nitrogens with zero attached hydrogens (tertiary/aromatic N) is 2. The minimum atomic E-state index is -5.02. The van der Waals surface area contributed by atoms with Crippen LogP contribution in [0.3, 0.4) is 0 Å². The Morgan fingerprint density at radius 2 is 1.77 bits per heavy atom. The van der Waals surface area contributed by atoms with Crippen LogP contribution in [0.15, 0.2) is 47.4 Å². The maximum Gasteiger partial charge on any atom is 0.573 e. The molecular formula is C24H25Cl2F3N4O5S. The van der Waals surface area contributed by atoms with Crippen molar-refractivity contribution in [3.8, 4) is 5.75 Å². The number of halogens is 5. The normalized spacial score (nSPS) is 24.2. The molecule has 0 spiro atoms. The molecule has 2 aromatic rings. The number of rotatable bonds is 6. The number of piperazine rings is 1. The topological polar surface area (TPSA) is 122 Å². The standard InChI is InChI=1S/C24H25Cl2F3N4O5S/c1-13(2)32-12-23(39(36,37)20-8-7-16(10-17(20)26)38-24(27,28)29)31-11-18(30)21(34)33(23)19(22(32)35)9-14-3-5-15(25)6-4-14/h3-8,10,13,18-19,31H,9,11-12,30H2,1-2H3. The Hall–Kier alpha value is -2.58. The number of ether oxygens (including phenoxy) is 1. The Morgan fingerprint density at radius 3 is 2.33 bits per heavy atom. The molecule has 3 unspecified atom stereocenters. The largest absolute Gasteiger partial charge is 0.573 e. The minimum absolute atomic E-state index is 0.0529. The number of amides is 2. The average Bonchev–Trinajstić information content (AvgIpc) is 2.83. The molecule has 212 valence electrons. The third-order valence-electron chi connectivity index (χ3n) is 6.64. The van der Waals surface area contributed by atoms with E-state index in [4.69, 9.17) is 28.9 Å². The van der Waals surface area contributed by atoms with Gasteiger partial charge in [-0.05, 0) is 43.7 Å². The smallest absolute Gasteiger partial charge is 0.406 e. The molecule has 9 nitrogen and oxygen atoms in total. The van der Waals surface area contributed by atoms with Crippen molar-refractivity contribution in [3.63, 3.8) is 0 Å². The SMILES string of the molecule is CC(C)N1CC2(S(=O)(=O)c3ccc(OC(F)(F)F)cc3Cl)NCC(N)C(=O)N2C(Cc2ccc(Cl)cc2)C1=O. The van der Waals surface area contributed by atoms with E-state index in [9.17, 15) is 31.2 Å². The Kier molecular flexibility index (Phi) is 7.87. The third-order valence-corrected chi connectivity index (χ3v) is 9.61. The number of hydrogen-bond acceptors (Lipinski definition) is 7. The molecule has 4 rings (SSSR count). The van der Waals surface area contributed by atoms with Gasteiger partial charge in [-0.1, -0.05) is 35.3 Å². The molecule has 0 saturated carbocycles. The Bertz CT molecular complexity index is 1390. The van der Waals surface area contributed by atoms with Crippen molar-refractivity contribution in [2.24, 2.45) is 5.73 Å². The van der Waals surface area contributed by atoms with Gasteiger partial charge in [0.15, 0.2) is 0 Å². The number of sulfone groups is 1. The van der Waals surface area contributed by atoms with E-state index in [1.807, 2.05) is 0 Å². The number of fused-ring (bicyclic) bond motifs is 1. The van der Waals surface area contributed by atoms with E-state index in [1.54, 1.807) is 38.1 Å². The molecular weight excluding hydrogens is 584 g/mol. The fourth-order valence-corrected chi connectivity index (χ4v) is 7.38. The van der Waals surface area contributed by atoms with E-state index < -0.39 is 73.3 Å². The Balaban J connectivity index is 1.87. The van der Waals surface area contributed by atoms with Gasteiger partial charge in [0.2, 0.25) is 26.6 Å². The summed E-state index contributed by atoms with van der Waals surface area (Å²) in [5, 5.41) is 2.76. The molecule has 0 bridgehead atoms. The quantitative estimate of drug-likeness (QED) is 0.517. The van der Waals surface area contributed by atoms with Crippen LogP contribution in [0, 0.1) is 0 Å². The number of carbonyl (C=O) groups is 2. The second kappa shape index (κ2) is 10.4. The van der Waals surface area contributed by atoms with Crippen LogP contribution < -0.4 is 15.8 Å². The first-order chi connectivity index (χ1) is 18.1. The van der Waals surface area contributed by atoms with E-state index >= 15 is 0 Å². The predicted molar refractivity (Wildman–Crippen MR) is 137 cm³/mol. The van der Waals surface area contributed by atoms with E-state index in [2.05, 4.69) is 10.1 Å². The van der Waals surface area contributed by atoms with Gasteiger partial charge < -0.3 is 15.4 Å². The molecule has 0 aliphatic carbocycles. The van der Waals surface area contributed by atoms with Gasteiger partial charge >= 0.3 is 6.36 Å². The zero-order chi connectivity index (χ0) is 28.9. The van der Waals surface area contributed by atoms with Crippen LogP contribution in [0.25, 0.3) is 0 Å². The van der Waals surface area contributed by atoms with Crippen LogP contribution in [0.5, 0.6) is 5.75 Å². The van der Waals surface area contributed by atoms with Gasteiger partial charge in [0.1, 0.15) is 11.8 Å². The Morgan fingerprint density at radius 1 is 1.13 bits per heavy atom. The van der Waals surface area contributed by atoms with Gasteiger partial charge in [-0.2, -0.15) is 0 Å². The van der Waals surface area contributed by atoms with Gasteiger partial charge in [0.25, 0.3) is 0 Å². The zero-order valence-electron chi connectivity index (χ0n) is 20.7. The number of hydrogen-bond donors (Lipinski definition) is 2. The van der Waals surface area contributed by atoms with E-state index in [1.165, 1.54) is 4.90 Å². The molecule has 2 aliphatic rings. The molecule has 3 N–H and O–H groups in total. The van der Waals surface area contributed by atoms with Crippen molar-refractivity contribution in [2.45, 2.75) is 54.6 Å². The number of nitrogens with one attached hydrogen (secondary N) is 1. The zero-order valence-corrected chi connectivity index (χ0v) is 23.0. The lowest BCUT2D eigenvalue weighted by atomic mass is 9.96. The summed E-state index contributed by atoms with van der Waals surface area (Å²) in [4.78, 5) is 26.7. The summed E-state index contributed by atoms with van der Waals surface area (Å²) in [6, 6.07) is 5.99. The summed E-state index contributed by atoms with van der Waals surface area (Å²) >= 11 is 12.2. The molecule has 2 saturated heterocycles. The highest BCUT2D eigenvalue weighted by Crippen LogP contribution is 2.41. The number of carbonyl (C=O) groups excluding carboxylic acids is 2. The highest BCUT2D eigenvalue weighted by Gasteiger charge is 2.63. The summed E-state index contributed by atoms with van der Waals surface area (Å²) in [5.74, 6) is -1.99. The fraction of sp³-hybridized carbons (Fsp3) is 0.417. The fourth-order valence-electron chi connectivity index (χ4n) is 4.79. The first-order valence-electron chi connectivity index (χ1n) is 11.8. The summed E-state index contributed by atoms with van der Waals surface area (Å²) in [6.45, 7) is 2.67. The number of nitrogens with two attached hydrogens (primary N) is 1. The maximum absolute atomic E-state index is 14.3. The van der Waals surface area contributed by atoms with Crippen LogP contribution >= 0.6 is 23.2 Å². The second-order valence-corrected chi connectivity index (χ2v) is 12.5. The minimum Gasteiger partial charge on any atom is -0.406 e. The summed E-state index contributed by atoms with van der Waals surface area (Å²) in [5.41, 5.74) is 6.61. The number of alkyl halides is 3. The van der Waals surface area contributed by atoms with Gasteiger partial charge in [-0.3, -0.25) is 19.8 Å². The average molecular weight is 609 g/mol. The summed E-state index contributed by atoms with van der Waals surface area (Å²) in [7, 11) is -4.70. The van der Waals surface area contributed by atoms with Crippen molar-refractivity contribution < 1.29 is 35.9 Å². The molecule has 3 atom stereocenters. The van der Waals surface area contributed by atoms with Crippen LogP contribution in [0.4, 0.5) is 13.2 Å². The van der Waals surface area contributed by atoms with Crippen molar-refractivity contribution >= 4 is 44.9 Å². The molecule has 2 aliphatic heterocycles.